The lowest BCUT2D eigenvalue weighted by Crippen LogP contribution is -2.57. The van der Waals surface area contributed by atoms with Crippen LogP contribution in [0.25, 0.3) is 0 Å². The van der Waals surface area contributed by atoms with E-state index in [1.807, 2.05) is 6.07 Å². The van der Waals surface area contributed by atoms with E-state index in [0.717, 1.165) is 18.8 Å². The second-order valence-electron chi connectivity index (χ2n) is 7.48. The van der Waals surface area contributed by atoms with E-state index in [2.05, 4.69) is 39.5 Å². The number of nitrogens with one attached hydrogen (secondary N) is 1. The molecule has 2 aliphatic rings. The number of aliphatic imine (C=N–C) groups is 1. The molecule has 1 aromatic carbocycles. The normalized spacial score (nSPS) is 27.3. The maximum absolute atomic E-state index is 12.2. The topological polar surface area (TPSA) is 61.8 Å². The predicted molar refractivity (Wildman–Crippen MR) is 113 cm³/mol. The molecular weight excluding hydrogens is 449 g/mol. The zero-order chi connectivity index (χ0) is 17.4. The lowest BCUT2D eigenvalue weighted by atomic mass is 10.1. The molecule has 2 atom stereocenters. The molecule has 0 aromatic heterocycles. The van der Waals surface area contributed by atoms with E-state index < -0.39 is 14.6 Å². The molecule has 1 aliphatic heterocycles. The highest BCUT2D eigenvalue weighted by atomic mass is 127. The summed E-state index contributed by atoms with van der Waals surface area (Å²) < 4.78 is 23.6. The van der Waals surface area contributed by atoms with Crippen molar-refractivity contribution in [3.63, 3.8) is 0 Å². The lowest BCUT2D eigenvalue weighted by molar-refractivity contribution is 0.352. The van der Waals surface area contributed by atoms with Gasteiger partial charge in [0.25, 0.3) is 0 Å². The van der Waals surface area contributed by atoms with E-state index in [1.54, 1.807) is 20.9 Å². The highest BCUT2D eigenvalue weighted by Crippen LogP contribution is 2.34. The molecule has 2 unspecified atom stereocenters. The molecule has 7 heteroatoms. The third-order valence-corrected chi connectivity index (χ3v) is 7.67. The van der Waals surface area contributed by atoms with Crippen LogP contribution in [-0.4, -0.2) is 56.0 Å². The molecule has 0 spiro atoms. The molecule has 140 valence electrons. The quantitative estimate of drug-likeness (QED) is 0.413. The number of rotatable bonds is 3. The molecule has 5 nitrogen and oxygen atoms in total. The van der Waals surface area contributed by atoms with Crippen LogP contribution < -0.4 is 5.32 Å². The highest BCUT2D eigenvalue weighted by Gasteiger charge is 2.43. The summed E-state index contributed by atoms with van der Waals surface area (Å²) in [5.41, 5.74) is 1.37. The first kappa shape index (κ1) is 20.5. The molecule has 0 bridgehead atoms. The monoisotopic (exact) mass is 477 g/mol. The highest BCUT2D eigenvalue weighted by molar-refractivity contribution is 14.0. The molecule has 1 aromatic rings. The van der Waals surface area contributed by atoms with Gasteiger partial charge in [-0.2, -0.15) is 0 Å². The molecule has 2 fully saturated rings. The summed E-state index contributed by atoms with van der Waals surface area (Å²) in [5.74, 6) is 1.66. The summed E-state index contributed by atoms with van der Waals surface area (Å²) in [5, 5.41) is 3.53. The van der Waals surface area contributed by atoms with Crippen molar-refractivity contribution < 1.29 is 8.42 Å². The van der Waals surface area contributed by atoms with Gasteiger partial charge in [0.15, 0.2) is 15.8 Å². The predicted octanol–water partition coefficient (Wildman–Crippen LogP) is 2.32. The van der Waals surface area contributed by atoms with Gasteiger partial charge in [-0.15, -0.1) is 24.0 Å². The number of halogens is 1. The van der Waals surface area contributed by atoms with Gasteiger partial charge in [0.1, 0.15) is 0 Å². The van der Waals surface area contributed by atoms with Crippen LogP contribution in [0.3, 0.4) is 0 Å². The largest absolute Gasteiger partial charge is 0.353 e. The lowest BCUT2D eigenvalue weighted by Gasteiger charge is -2.39. The van der Waals surface area contributed by atoms with Crippen molar-refractivity contribution in [2.45, 2.75) is 37.5 Å². The fraction of sp³-hybridized carbons (Fsp3) is 0.611. The van der Waals surface area contributed by atoms with Gasteiger partial charge < -0.3 is 10.2 Å². The minimum absolute atomic E-state index is 0. The molecule has 1 heterocycles. The Balaban J connectivity index is 0.00000225. The van der Waals surface area contributed by atoms with Crippen LogP contribution in [-0.2, 0) is 16.3 Å². The zero-order valence-corrected chi connectivity index (χ0v) is 18.3. The fourth-order valence-electron chi connectivity index (χ4n) is 3.35. The summed E-state index contributed by atoms with van der Waals surface area (Å²) in [6.07, 6.45) is 2.22. The molecule has 25 heavy (non-hydrogen) atoms. The van der Waals surface area contributed by atoms with Crippen molar-refractivity contribution in [3.05, 3.63) is 35.9 Å². The van der Waals surface area contributed by atoms with E-state index in [0.29, 0.717) is 25.0 Å². The zero-order valence-electron chi connectivity index (χ0n) is 15.1. The van der Waals surface area contributed by atoms with E-state index >= 15 is 0 Å². The van der Waals surface area contributed by atoms with Crippen LogP contribution in [0.15, 0.2) is 35.3 Å². The maximum atomic E-state index is 12.2. The Bertz CT molecular complexity index is 719. The number of hydrogen-bond acceptors (Lipinski definition) is 3. The summed E-state index contributed by atoms with van der Waals surface area (Å²) in [6.45, 7) is 4.61. The molecule has 0 amide bonds. The Morgan fingerprint density at radius 2 is 2.00 bits per heavy atom. The molecule has 3 rings (SSSR count). The van der Waals surface area contributed by atoms with Crippen LogP contribution in [0.4, 0.5) is 0 Å². The van der Waals surface area contributed by atoms with Gasteiger partial charge >= 0.3 is 0 Å². The molecule has 0 radical (unpaired) electrons. The van der Waals surface area contributed by atoms with Gasteiger partial charge in [-0.1, -0.05) is 30.3 Å². The van der Waals surface area contributed by atoms with E-state index in [1.165, 1.54) is 5.56 Å². The third-order valence-electron chi connectivity index (χ3n) is 5.13. The van der Waals surface area contributed by atoms with Crippen molar-refractivity contribution in [1.29, 1.82) is 0 Å². The average molecular weight is 477 g/mol. The first-order valence-corrected chi connectivity index (χ1v) is 10.2. The van der Waals surface area contributed by atoms with Crippen molar-refractivity contribution in [2.24, 2.45) is 10.9 Å². The van der Waals surface area contributed by atoms with Crippen molar-refractivity contribution in [2.75, 3.05) is 25.9 Å². The van der Waals surface area contributed by atoms with Crippen LogP contribution in [0, 0.1) is 5.92 Å². The smallest absolute Gasteiger partial charge is 0.193 e. The number of benzene rings is 1. The first-order valence-electron chi connectivity index (χ1n) is 8.57. The van der Waals surface area contributed by atoms with E-state index in [-0.39, 0.29) is 29.7 Å². The Kier molecular flexibility index (Phi) is 6.40. The standard InChI is InChI=1S/C18H27N3O2S.HI/c1-18(2)13-21(9-10-24(18,22)23)17(19-3)20-16-12-15(16)11-14-7-5-4-6-8-14;/h4-8,15-16H,9-13H2,1-3H3,(H,19,20);1H. The second kappa shape index (κ2) is 7.82. The van der Waals surface area contributed by atoms with Crippen LogP contribution in [0.2, 0.25) is 0 Å². The summed E-state index contributed by atoms with van der Waals surface area (Å²) >= 11 is 0. The van der Waals surface area contributed by atoms with E-state index in [9.17, 15) is 8.42 Å². The molecule has 1 aliphatic carbocycles. The second-order valence-corrected chi connectivity index (χ2v) is 10.2. The molecule has 1 saturated carbocycles. The minimum Gasteiger partial charge on any atom is -0.353 e. The number of sulfone groups is 1. The van der Waals surface area contributed by atoms with Gasteiger partial charge in [-0.05, 0) is 38.2 Å². The summed E-state index contributed by atoms with van der Waals surface area (Å²) in [6, 6.07) is 11.0. The minimum atomic E-state index is -3.02. The van der Waals surface area contributed by atoms with Crippen LogP contribution in [0.5, 0.6) is 0 Å². The molecular formula is C18H28IN3O2S. The Hall–Kier alpha value is -0.830. The maximum Gasteiger partial charge on any atom is 0.193 e. The van der Waals surface area contributed by atoms with Crippen LogP contribution in [0.1, 0.15) is 25.8 Å². The van der Waals surface area contributed by atoms with Gasteiger partial charge in [0.2, 0.25) is 0 Å². The average Bonchev–Trinajstić information content (AvgIpc) is 3.26. The van der Waals surface area contributed by atoms with Crippen LogP contribution >= 0.6 is 24.0 Å². The van der Waals surface area contributed by atoms with Gasteiger partial charge in [-0.3, -0.25) is 4.99 Å². The molecule has 1 saturated heterocycles. The summed E-state index contributed by atoms with van der Waals surface area (Å²) in [4.78, 5) is 6.47. The Labute approximate surface area is 168 Å². The van der Waals surface area contributed by atoms with E-state index in [4.69, 9.17) is 0 Å². The van der Waals surface area contributed by atoms with Crippen molar-refractivity contribution in [1.82, 2.24) is 10.2 Å². The molecule has 1 N–H and O–H groups in total. The van der Waals surface area contributed by atoms with Crippen molar-refractivity contribution >= 4 is 39.8 Å². The van der Waals surface area contributed by atoms with Gasteiger partial charge in [0.05, 0.1) is 10.5 Å². The number of hydrogen-bond donors (Lipinski definition) is 1. The summed E-state index contributed by atoms with van der Waals surface area (Å²) in [7, 11) is -1.25. The Morgan fingerprint density at radius 3 is 2.60 bits per heavy atom. The van der Waals surface area contributed by atoms with Gasteiger partial charge in [-0.25, -0.2) is 8.42 Å². The Morgan fingerprint density at radius 1 is 1.32 bits per heavy atom. The number of nitrogens with zero attached hydrogens (tertiary/aromatic N) is 2. The van der Waals surface area contributed by atoms with Gasteiger partial charge in [0, 0.05) is 26.2 Å². The van der Waals surface area contributed by atoms with Crippen molar-refractivity contribution in [3.8, 4) is 0 Å². The SMILES string of the molecule is CN=C(NC1CC1Cc1ccccc1)N1CCS(=O)(=O)C(C)(C)C1.I. The fourth-order valence-corrected chi connectivity index (χ4v) is 4.72. The number of guanidine groups is 1. The third kappa shape index (κ3) is 4.67. The first-order chi connectivity index (χ1) is 11.3.